The molecule has 1 fully saturated rings. The van der Waals surface area contributed by atoms with E-state index in [0.717, 1.165) is 24.2 Å². The van der Waals surface area contributed by atoms with Crippen molar-refractivity contribution in [3.63, 3.8) is 0 Å². The zero-order valence-corrected chi connectivity index (χ0v) is 14.1. The van der Waals surface area contributed by atoms with Crippen LogP contribution in [0.25, 0.3) is 0 Å². The van der Waals surface area contributed by atoms with Crippen LogP contribution in [-0.4, -0.2) is 40.9 Å². The first-order valence-corrected chi connectivity index (χ1v) is 8.33. The molecule has 128 valence electrons. The van der Waals surface area contributed by atoms with Crippen LogP contribution in [0.5, 0.6) is 0 Å². The maximum Gasteiger partial charge on any atom is 0.256 e. The molecule has 1 aliphatic carbocycles. The Labute approximate surface area is 145 Å². The van der Waals surface area contributed by atoms with Crippen molar-refractivity contribution in [2.45, 2.75) is 31.8 Å². The number of rotatable bonds is 3. The van der Waals surface area contributed by atoms with Crippen molar-refractivity contribution in [3.05, 3.63) is 42.4 Å². The topological polar surface area (TPSA) is 78.4 Å². The summed E-state index contributed by atoms with van der Waals surface area (Å²) in [4.78, 5) is 36.7. The Balaban J connectivity index is 1.68. The second kappa shape index (κ2) is 5.84. The van der Waals surface area contributed by atoms with Gasteiger partial charge in [0.05, 0.1) is 11.4 Å². The summed E-state index contributed by atoms with van der Waals surface area (Å²) < 4.78 is 0. The average molecular weight is 337 g/mol. The van der Waals surface area contributed by atoms with Gasteiger partial charge in [-0.1, -0.05) is 0 Å². The number of nitrogens with zero attached hydrogens (tertiary/aromatic N) is 4. The van der Waals surface area contributed by atoms with Gasteiger partial charge < -0.3 is 15.1 Å². The van der Waals surface area contributed by atoms with Crippen molar-refractivity contribution >= 4 is 29.0 Å². The van der Waals surface area contributed by atoms with Crippen molar-refractivity contribution in [3.8, 4) is 0 Å². The van der Waals surface area contributed by atoms with E-state index in [2.05, 4.69) is 20.2 Å². The third-order valence-corrected chi connectivity index (χ3v) is 4.75. The molecule has 25 heavy (non-hydrogen) atoms. The molecule has 1 N–H and O–H groups in total. The summed E-state index contributed by atoms with van der Waals surface area (Å²) in [5.74, 6) is 0.305. The minimum absolute atomic E-state index is 0.0811. The molecule has 1 aromatic heterocycles. The predicted octanol–water partition coefficient (Wildman–Crippen LogP) is 2.06. The molecule has 0 saturated heterocycles. The van der Waals surface area contributed by atoms with Gasteiger partial charge in [0.15, 0.2) is 0 Å². The fourth-order valence-corrected chi connectivity index (χ4v) is 3.30. The number of fused-ring (bicyclic) bond motifs is 1. The molecular weight excluding hydrogens is 318 g/mol. The lowest BCUT2D eigenvalue weighted by Crippen LogP contribution is -2.51. The summed E-state index contributed by atoms with van der Waals surface area (Å²) in [5.41, 5.74) is 2.32. The lowest BCUT2D eigenvalue weighted by atomic mass is 10.0. The Kier molecular flexibility index (Phi) is 3.63. The maximum absolute atomic E-state index is 12.5. The van der Waals surface area contributed by atoms with Crippen molar-refractivity contribution in [1.29, 1.82) is 0 Å². The molecule has 0 bridgehead atoms. The molecule has 4 rings (SSSR count). The molecule has 2 aliphatic rings. The first kappa shape index (κ1) is 15.6. The minimum Gasteiger partial charge on any atom is -0.355 e. The molecular formula is C18H19N5O2. The van der Waals surface area contributed by atoms with E-state index in [-0.39, 0.29) is 17.9 Å². The molecule has 2 heterocycles. The molecule has 7 heteroatoms. The van der Waals surface area contributed by atoms with E-state index < -0.39 is 0 Å². The van der Waals surface area contributed by atoms with Crippen LogP contribution in [0.15, 0.2) is 36.8 Å². The summed E-state index contributed by atoms with van der Waals surface area (Å²) in [7, 11) is 1.78. The van der Waals surface area contributed by atoms with Gasteiger partial charge in [0, 0.05) is 24.8 Å². The Hall–Kier alpha value is -2.96. The Morgan fingerprint density at radius 2 is 2.04 bits per heavy atom. The van der Waals surface area contributed by atoms with E-state index in [1.807, 2.05) is 19.1 Å². The van der Waals surface area contributed by atoms with Gasteiger partial charge in [-0.15, -0.1) is 0 Å². The highest BCUT2D eigenvalue weighted by atomic mass is 16.2. The number of benzene rings is 1. The summed E-state index contributed by atoms with van der Waals surface area (Å²) in [5, 5.41) is 2.77. The first-order chi connectivity index (χ1) is 12.1. The van der Waals surface area contributed by atoms with E-state index in [0.29, 0.717) is 17.4 Å². The van der Waals surface area contributed by atoms with Crippen LogP contribution < -0.4 is 15.1 Å². The zero-order valence-electron chi connectivity index (χ0n) is 14.1. The summed E-state index contributed by atoms with van der Waals surface area (Å²) in [6, 6.07) is 7.24. The van der Waals surface area contributed by atoms with E-state index in [4.69, 9.17) is 0 Å². The third kappa shape index (κ3) is 2.71. The molecule has 0 radical (unpaired) electrons. The van der Waals surface area contributed by atoms with Crippen LogP contribution in [0.4, 0.5) is 17.2 Å². The number of carbonyl (C=O) groups excluding carboxylic acids is 2. The lowest BCUT2D eigenvalue weighted by molar-refractivity contribution is -0.119. The summed E-state index contributed by atoms with van der Waals surface area (Å²) in [6.07, 6.45) is 5.13. The standard InChI is InChI=1S/C18H19N5O2/c1-11-18(25)22(2)14-6-3-12(9-15(14)23(11)13-4-5-13)17(24)21-16-7-8-19-10-20-16/h3,6-11,13H,4-5H2,1-2H3,(H,19,20,21,24). The van der Waals surface area contributed by atoms with E-state index in [1.165, 1.54) is 6.33 Å². The second-order valence-corrected chi connectivity index (χ2v) is 6.46. The summed E-state index contributed by atoms with van der Waals surface area (Å²) >= 11 is 0. The van der Waals surface area contributed by atoms with E-state index in [1.54, 1.807) is 30.3 Å². The van der Waals surface area contributed by atoms with Crippen molar-refractivity contribution in [2.24, 2.45) is 0 Å². The van der Waals surface area contributed by atoms with E-state index >= 15 is 0 Å². The van der Waals surface area contributed by atoms with Gasteiger partial charge in [0.25, 0.3) is 5.91 Å². The summed E-state index contributed by atoms with van der Waals surface area (Å²) in [6.45, 7) is 1.92. The van der Waals surface area contributed by atoms with Crippen LogP contribution in [0.1, 0.15) is 30.1 Å². The fraction of sp³-hybridized carbons (Fsp3) is 0.333. The molecule has 1 atom stereocenters. The quantitative estimate of drug-likeness (QED) is 0.927. The SMILES string of the molecule is CC1C(=O)N(C)c2ccc(C(=O)Nc3ccncn3)cc2N1C1CC1. The number of anilines is 3. The lowest BCUT2D eigenvalue weighted by Gasteiger charge is -2.40. The number of hydrogen-bond donors (Lipinski definition) is 1. The minimum atomic E-state index is -0.232. The Morgan fingerprint density at radius 3 is 2.72 bits per heavy atom. The number of amides is 2. The van der Waals surface area contributed by atoms with Crippen molar-refractivity contribution in [1.82, 2.24) is 9.97 Å². The zero-order chi connectivity index (χ0) is 17.6. The van der Waals surface area contributed by atoms with Crippen LogP contribution in [0.3, 0.4) is 0 Å². The molecule has 1 unspecified atom stereocenters. The molecule has 1 saturated carbocycles. The predicted molar refractivity (Wildman–Crippen MR) is 94.8 cm³/mol. The smallest absolute Gasteiger partial charge is 0.256 e. The van der Waals surface area contributed by atoms with Crippen LogP contribution in [0.2, 0.25) is 0 Å². The molecule has 2 aromatic rings. The molecule has 0 spiro atoms. The highest BCUT2D eigenvalue weighted by Crippen LogP contribution is 2.42. The average Bonchev–Trinajstić information content (AvgIpc) is 3.45. The number of nitrogens with one attached hydrogen (secondary N) is 1. The Morgan fingerprint density at radius 1 is 1.24 bits per heavy atom. The van der Waals surface area contributed by atoms with Crippen molar-refractivity contribution < 1.29 is 9.59 Å². The van der Waals surface area contributed by atoms with E-state index in [9.17, 15) is 9.59 Å². The highest BCUT2D eigenvalue weighted by molar-refractivity contribution is 6.09. The first-order valence-electron chi connectivity index (χ1n) is 8.33. The van der Waals surface area contributed by atoms with Gasteiger partial charge in [-0.25, -0.2) is 9.97 Å². The second-order valence-electron chi connectivity index (χ2n) is 6.46. The number of aromatic nitrogens is 2. The van der Waals surface area contributed by atoms with Gasteiger partial charge in [-0.3, -0.25) is 9.59 Å². The maximum atomic E-state index is 12.5. The monoisotopic (exact) mass is 337 g/mol. The Bertz CT molecular complexity index is 835. The van der Waals surface area contributed by atoms with Gasteiger partial charge >= 0.3 is 0 Å². The molecule has 2 amide bonds. The number of hydrogen-bond acceptors (Lipinski definition) is 5. The highest BCUT2D eigenvalue weighted by Gasteiger charge is 2.41. The van der Waals surface area contributed by atoms with Gasteiger partial charge in [0.2, 0.25) is 5.91 Å². The van der Waals surface area contributed by atoms with Gasteiger partial charge in [-0.2, -0.15) is 0 Å². The molecule has 1 aliphatic heterocycles. The van der Waals surface area contributed by atoms with Crippen LogP contribution >= 0.6 is 0 Å². The molecule has 1 aromatic carbocycles. The van der Waals surface area contributed by atoms with Gasteiger partial charge in [-0.05, 0) is 44.0 Å². The number of carbonyl (C=O) groups is 2. The van der Waals surface area contributed by atoms with Crippen LogP contribution in [0, 0.1) is 0 Å². The number of likely N-dealkylation sites (N-methyl/N-ethyl adjacent to an activating group) is 1. The fourth-order valence-electron chi connectivity index (χ4n) is 3.30. The largest absolute Gasteiger partial charge is 0.355 e. The van der Waals surface area contributed by atoms with Crippen LogP contribution in [-0.2, 0) is 4.79 Å². The van der Waals surface area contributed by atoms with Gasteiger partial charge in [0.1, 0.15) is 18.2 Å². The normalized spacial score (nSPS) is 19.6. The van der Waals surface area contributed by atoms with Crippen molar-refractivity contribution in [2.75, 3.05) is 22.2 Å². The third-order valence-electron chi connectivity index (χ3n) is 4.75. The molecule has 7 nitrogen and oxygen atoms in total.